The second-order valence-corrected chi connectivity index (χ2v) is 5.43. The van der Waals surface area contributed by atoms with Crippen molar-refractivity contribution >= 4 is 17.9 Å². The van der Waals surface area contributed by atoms with Crippen LogP contribution in [0.4, 0.5) is 4.79 Å². The fourth-order valence-corrected chi connectivity index (χ4v) is 2.94. The molecule has 0 aromatic heterocycles. The van der Waals surface area contributed by atoms with Crippen LogP contribution in [-0.2, 0) is 9.59 Å². The normalized spacial score (nSPS) is 23.8. The van der Waals surface area contributed by atoms with Crippen LogP contribution >= 0.6 is 0 Å². The highest BCUT2D eigenvalue weighted by atomic mass is 16.4. The average Bonchev–Trinajstić information content (AvgIpc) is 2.87. The molecule has 0 radical (unpaired) electrons. The third-order valence-electron chi connectivity index (χ3n) is 3.96. The molecular weight excluding hydrogens is 262 g/mol. The fourth-order valence-electron chi connectivity index (χ4n) is 2.94. The number of hydrogen-bond donors (Lipinski definition) is 2. The molecule has 0 bridgehead atoms. The van der Waals surface area contributed by atoms with Crippen LogP contribution in [0.3, 0.4) is 0 Å². The number of likely N-dealkylation sites (tertiary alicyclic amines) is 2. The van der Waals surface area contributed by atoms with Gasteiger partial charge in [-0.25, -0.2) is 9.59 Å². The maximum Gasteiger partial charge on any atom is 0.326 e. The summed E-state index contributed by atoms with van der Waals surface area (Å²) in [6.45, 7) is 3.12. The van der Waals surface area contributed by atoms with Crippen molar-refractivity contribution in [2.24, 2.45) is 0 Å². The first-order chi connectivity index (χ1) is 9.49. The number of carboxylic acids is 1. The summed E-state index contributed by atoms with van der Waals surface area (Å²) in [5.74, 6) is -0.982. The van der Waals surface area contributed by atoms with Gasteiger partial charge in [-0.05, 0) is 25.7 Å². The lowest BCUT2D eigenvalue weighted by molar-refractivity contribution is -0.141. The van der Waals surface area contributed by atoms with E-state index in [0.717, 1.165) is 19.3 Å². The van der Waals surface area contributed by atoms with Crippen molar-refractivity contribution in [3.63, 3.8) is 0 Å². The highest BCUT2D eigenvalue weighted by Crippen LogP contribution is 2.21. The fraction of sp³-hybridized carbons (Fsp3) is 0.769. The van der Waals surface area contributed by atoms with Crippen molar-refractivity contribution in [3.05, 3.63) is 0 Å². The van der Waals surface area contributed by atoms with Gasteiger partial charge in [0.2, 0.25) is 5.91 Å². The Balaban J connectivity index is 1.88. The Morgan fingerprint density at radius 2 is 1.75 bits per heavy atom. The summed E-state index contributed by atoms with van der Waals surface area (Å²) in [5, 5.41) is 12.0. The van der Waals surface area contributed by atoms with Gasteiger partial charge in [-0.2, -0.15) is 0 Å². The van der Waals surface area contributed by atoms with Crippen LogP contribution in [0.2, 0.25) is 0 Å². The number of piperidine rings is 1. The van der Waals surface area contributed by atoms with E-state index in [-0.39, 0.29) is 18.0 Å². The van der Waals surface area contributed by atoms with E-state index in [4.69, 9.17) is 5.11 Å². The Labute approximate surface area is 117 Å². The topological polar surface area (TPSA) is 90.0 Å². The van der Waals surface area contributed by atoms with E-state index in [9.17, 15) is 14.4 Å². The molecule has 2 saturated heterocycles. The molecule has 20 heavy (non-hydrogen) atoms. The zero-order chi connectivity index (χ0) is 14.7. The lowest BCUT2D eigenvalue weighted by Gasteiger charge is -2.35. The lowest BCUT2D eigenvalue weighted by atomic mass is 10.1. The Morgan fingerprint density at radius 3 is 2.30 bits per heavy atom. The second-order valence-electron chi connectivity index (χ2n) is 5.43. The van der Waals surface area contributed by atoms with Gasteiger partial charge in [0.1, 0.15) is 6.04 Å². The van der Waals surface area contributed by atoms with Crippen LogP contribution in [-0.4, -0.2) is 64.5 Å². The van der Waals surface area contributed by atoms with E-state index >= 15 is 0 Å². The van der Waals surface area contributed by atoms with E-state index in [1.807, 2.05) is 0 Å². The molecule has 2 N–H and O–H groups in total. The molecule has 0 saturated carbocycles. The molecule has 0 spiro atoms. The molecule has 0 aromatic carbocycles. The third-order valence-corrected chi connectivity index (χ3v) is 3.96. The van der Waals surface area contributed by atoms with Crippen LogP contribution in [0, 0.1) is 0 Å². The van der Waals surface area contributed by atoms with E-state index in [1.54, 1.807) is 4.90 Å². The first-order valence-electron chi connectivity index (χ1n) is 7.04. The highest BCUT2D eigenvalue weighted by Gasteiger charge is 2.37. The standard InChI is InChI=1S/C13H21N3O4/c1-9(17)14-10-4-7-15(8-5-10)13(20)16-6-2-3-11(16)12(18)19/h10-11H,2-8H2,1H3,(H,14,17)(H,18,19)/t11-/m0/s1. The molecule has 0 unspecified atom stereocenters. The number of carboxylic acid groups (broad SMARTS) is 1. The van der Waals surface area contributed by atoms with Gasteiger partial charge >= 0.3 is 12.0 Å². The van der Waals surface area contributed by atoms with Crippen molar-refractivity contribution in [1.29, 1.82) is 0 Å². The molecule has 2 aliphatic rings. The summed E-state index contributed by atoms with van der Waals surface area (Å²) in [6, 6.07) is -0.753. The largest absolute Gasteiger partial charge is 0.480 e. The molecule has 1 atom stereocenters. The number of rotatable bonds is 2. The average molecular weight is 283 g/mol. The van der Waals surface area contributed by atoms with E-state index in [1.165, 1.54) is 11.8 Å². The molecule has 2 heterocycles. The summed E-state index contributed by atoms with van der Waals surface area (Å²) < 4.78 is 0. The van der Waals surface area contributed by atoms with Crippen molar-refractivity contribution in [2.45, 2.75) is 44.7 Å². The number of hydrogen-bond acceptors (Lipinski definition) is 3. The molecule has 0 aromatic rings. The monoisotopic (exact) mass is 283 g/mol. The maximum atomic E-state index is 12.3. The van der Waals surface area contributed by atoms with Gasteiger partial charge in [0.15, 0.2) is 0 Å². The summed E-state index contributed by atoms with van der Waals surface area (Å²) in [6.07, 6.45) is 2.71. The predicted octanol–water partition coefficient (Wildman–Crippen LogP) is 0.256. The van der Waals surface area contributed by atoms with Gasteiger partial charge in [0.25, 0.3) is 0 Å². The molecule has 3 amide bonds. The number of nitrogens with zero attached hydrogens (tertiary/aromatic N) is 2. The highest BCUT2D eigenvalue weighted by molar-refractivity contribution is 5.83. The van der Waals surface area contributed by atoms with Crippen molar-refractivity contribution < 1.29 is 19.5 Å². The van der Waals surface area contributed by atoms with Crippen molar-refractivity contribution in [1.82, 2.24) is 15.1 Å². The Kier molecular flexibility index (Phi) is 4.46. The Bertz CT molecular complexity index is 404. The van der Waals surface area contributed by atoms with Crippen LogP contribution in [0.15, 0.2) is 0 Å². The van der Waals surface area contributed by atoms with Crippen molar-refractivity contribution in [3.8, 4) is 0 Å². The SMILES string of the molecule is CC(=O)NC1CCN(C(=O)N2CCC[C@H]2C(=O)O)CC1. The number of nitrogens with one attached hydrogen (secondary N) is 1. The Hall–Kier alpha value is -1.79. The third kappa shape index (κ3) is 3.20. The quantitative estimate of drug-likeness (QED) is 0.760. The minimum absolute atomic E-state index is 0.0553. The molecule has 2 rings (SSSR count). The zero-order valence-corrected chi connectivity index (χ0v) is 11.7. The molecule has 0 aliphatic carbocycles. The molecule has 7 heteroatoms. The van der Waals surface area contributed by atoms with Crippen LogP contribution in [0.25, 0.3) is 0 Å². The summed E-state index contributed by atoms with van der Waals surface area (Å²) >= 11 is 0. The molecule has 7 nitrogen and oxygen atoms in total. The van der Waals surface area contributed by atoms with Gasteiger partial charge in [0.05, 0.1) is 0 Å². The summed E-state index contributed by atoms with van der Waals surface area (Å²) in [4.78, 5) is 37.6. The van der Waals surface area contributed by atoms with Crippen molar-refractivity contribution in [2.75, 3.05) is 19.6 Å². The van der Waals surface area contributed by atoms with E-state index in [2.05, 4.69) is 5.32 Å². The second kappa shape index (κ2) is 6.11. The van der Waals surface area contributed by atoms with Gasteiger partial charge in [0, 0.05) is 32.6 Å². The molecule has 2 fully saturated rings. The van der Waals surface area contributed by atoms with Gasteiger partial charge in [-0.1, -0.05) is 0 Å². The Morgan fingerprint density at radius 1 is 1.10 bits per heavy atom. The number of carbonyl (C=O) groups is 3. The van der Waals surface area contributed by atoms with Gasteiger partial charge in [-0.15, -0.1) is 0 Å². The number of urea groups is 1. The van der Waals surface area contributed by atoms with E-state index < -0.39 is 12.0 Å². The smallest absolute Gasteiger partial charge is 0.326 e. The summed E-state index contributed by atoms with van der Waals surface area (Å²) in [7, 11) is 0. The maximum absolute atomic E-state index is 12.3. The first kappa shape index (κ1) is 14.6. The predicted molar refractivity (Wildman–Crippen MR) is 71.2 cm³/mol. The number of carbonyl (C=O) groups excluding carboxylic acids is 2. The van der Waals surface area contributed by atoms with E-state index in [0.29, 0.717) is 26.1 Å². The minimum Gasteiger partial charge on any atom is -0.480 e. The lowest BCUT2D eigenvalue weighted by Crippen LogP contribution is -2.52. The van der Waals surface area contributed by atoms with Crippen LogP contribution in [0.1, 0.15) is 32.6 Å². The van der Waals surface area contributed by atoms with Crippen LogP contribution < -0.4 is 5.32 Å². The number of aliphatic carboxylic acids is 1. The summed E-state index contributed by atoms with van der Waals surface area (Å²) in [5.41, 5.74) is 0. The van der Waals surface area contributed by atoms with Crippen LogP contribution in [0.5, 0.6) is 0 Å². The first-order valence-corrected chi connectivity index (χ1v) is 7.04. The van der Waals surface area contributed by atoms with Gasteiger partial charge in [-0.3, -0.25) is 4.79 Å². The number of amides is 3. The molecule has 112 valence electrons. The minimum atomic E-state index is -0.927. The zero-order valence-electron chi connectivity index (χ0n) is 11.7. The molecular formula is C13H21N3O4. The molecule has 2 aliphatic heterocycles. The van der Waals surface area contributed by atoms with Gasteiger partial charge < -0.3 is 20.2 Å².